The van der Waals surface area contributed by atoms with E-state index in [1.165, 1.54) is 0 Å². The Balaban J connectivity index is 2.24. The summed E-state index contributed by atoms with van der Waals surface area (Å²) < 4.78 is 1.64. The summed E-state index contributed by atoms with van der Waals surface area (Å²) in [5.41, 5.74) is 7.65. The van der Waals surface area contributed by atoms with E-state index in [1.807, 2.05) is 31.2 Å². The summed E-state index contributed by atoms with van der Waals surface area (Å²) >= 11 is 0. The van der Waals surface area contributed by atoms with Crippen LogP contribution in [0.1, 0.15) is 17.4 Å². The van der Waals surface area contributed by atoms with Crippen LogP contribution in [0.2, 0.25) is 0 Å². The van der Waals surface area contributed by atoms with Crippen molar-refractivity contribution < 1.29 is 4.79 Å². The highest BCUT2D eigenvalue weighted by Gasteiger charge is 2.16. The molecular formula is C15H18N4O. The Labute approximate surface area is 118 Å². The van der Waals surface area contributed by atoms with E-state index in [9.17, 15) is 4.79 Å². The summed E-state index contributed by atoms with van der Waals surface area (Å²) in [5, 5.41) is 4.31. The maximum Gasteiger partial charge on any atom is 0.274 e. The first-order chi connectivity index (χ1) is 9.65. The molecule has 0 spiro atoms. The number of likely N-dealkylation sites (N-methyl/N-ethyl adjacent to an activating group) is 1. The molecule has 0 aliphatic rings. The third-order valence-electron chi connectivity index (χ3n) is 2.96. The zero-order valence-electron chi connectivity index (χ0n) is 11.5. The molecule has 0 bridgehead atoms. The third kappa shape index (κ3) is 2.88. The lowest BCUT2D eigenvalue weighted by Gasteiger charge is -2.17. The first kappa shape index (κ1) is 13.9. The minimum atomic E-state index is -0.102. The van der Waals surface area contributed by atoms with E-state index >= 15 is 0 Å². The van der Waals surface area contributed by atoms with Gasteiger partial charge in [0, 0.05) is 25.0 Å². The fourth-order valence-corrected chi connectivity index (χ4v) is 1.92. The minimum Gasteiger partial charge on any atom is -0.399 e. The van der Waals surface area contributed by atoms with Crippen LogP contribution < -0.4 is 5.73 Å². The summed E-state index contributed by atoms with van der Waals surface area (Å²) in [5.74, 6) is -0.102. The minimum absolute atomic E-state index is 0.102. The Morgan fingerprint density at radius 1 is 1.50 bits per heavy atom. The Kier molecular flexibility index (Phi) is 4.20. The molecule has 0 radical (unpaired) electrons. The lowest BCUT2D eigenvalue weighted by Crippen LogP contribution is -2.31. The van der Waals surface area contributed by atoms with Gasteiger partial charge in [-0.3, -0.25) is 4.79 Å². The molecule has 0 saturated carbocycles. The first-order valence-electron chi connectivity index (χ1n) is 6.47. The fourth-order valence-electron chi connectivity index (χ4n) is 1.92. The van der Waals surface area contributed by atoms with Crippen molar-refractivity contribution in [2.45, 2.75) is 6.92 Å². The monoisotopic (exact) mass is 270 g/mol. The van der Waals surface area contributed by atoms with Crippen LogP contribution in [-0.4, -0.2) is 33.7 Å². The van der Waals surface area contributed by atoms with Gasteiger partial charge in [0.15, 0.2) is 5.69 Å². The quantitative estimate of drug-likeness (QED) is 0.668. The van der Waals surface area contributed by atoms with Gasteiger partial charge in [-0.1, -0.05) is 12.1 Å². The van der Waals surface area contributed by atoms with Gasteiger partial charge in [0.25, 0.3) is 5.91 Å². The molecule has 0 aliphatic heterocycles. The summed E-state index contributed by atoms with van der Waals surface area (Å²) in [7, 11) is 0. The van der Waals surface area contributed by atoms with E-state index in [-0.39, 0.29) is 5.91 Å². The van der Waals surface area contributed by atoms with Crippen molar-refractivity contribution in [3.8, 4) is 5.69 Å². The maximum absolute atomic E-state index is 12.3. The number of hydrogen-bond acceptors (Lipinski definition) is 3. The predicted molar refractivity (Wildman–Crippen MR) is 79.8 cm³/mol. The van der Waals surface area contributed by atoms with Gasteiger partial charge in [-0.25, -0.2) is 4.68 Å². The second-order valence-electron chi connectivity index (χ2n) is 4.37. The Bertz CT molecular complexity index is 618. The van der Waals surface area contributed by atoms with E-state index < -0.39 is 0 Å². The molecule has 2 aromatic rings. The van der Waals surface area contributed by atoms with Crippen molar-refractivity contribution in [1.82, 2.24) is 14.7 Å². The summed E-state index contributed by atoms with van der Waals surface area (Å²) in [4.78, 5) is 13.9. The highest BCUT2D eigenvalue weighted by molar-refractivity contribution is 5.92. The summed E-state index contributed by atoms with van der Waals surface area (Å²) in [6.07, 6.45) is 3.46. The van der Waals surface area contributed by atoms with E-state index in [0.29, 0.717) is 24.5 Å². The van der Waals surface area contributed by atoms with Crippen LogP contribution in [0, 0.1) is 0 Å². The molecule has 1 heterocycles. The van der Waals surface area contributed by atoms with Crippen LogP contribution in [0.15, 0.2) is 49.2 Å². The van der Waals surface area contributed by atoms with Crippen molar-refractivity contribution in [3.63, 3.8) is 0 Å². The third-order valence-corrected chi connectivity index (χ3v) is 2.96. The number of nitrogens with zero attached hydrogens (tertiary/aromatic N) is 3. The Morgan fingerprint density at radius 2 is 2.30 bits per heavy atom. The molecule has 0 atom stereocenters. The zero-order chi connectivity index (χ0) is 14.5. The number of nitrogen functional groups attached to an aromatic ring is 1. The van der Waals surface area contributed by atoms with E-state index in [4.69, 9.17) is 5.73 Å². The van der Waals surface area contributed by atoms with Crippen molar-refractivity contribution in [3.05, 3.63) is 54.9 Å². The number of anilines is 1. The van der Waals surface area contributed by atoms with Crippen molar-refractivity contribution in [2.75, 3.05) is 18.8 Å². The molecule has 0 fully saturated rings. The van der Waals surface area contributed by atoms with Crippen LogP contribution in [0.25, 0.3) is 5.69 Å². The van der Waals surface area contributed by atoms with Gasteiger partial charge in [-0.05, 0) is 31.2 Å². The van der Waals surface area contributed by atoms with E-state index in [0.717, 1.165) is 5.69 Å². The summed E-state index contributed by atoms with van der Waals surface area (Å²) in [6.45, 7) is 6.72. The average molecular weight is 270 g/mol. The van der Waals surface area contributed by atoms with Crippen molar-refractivity contribution in [1.29, 1.82) is 0 Å². The van der Waals surface area contributed by atoms with Gasteiger partial charge in [-0.15, -0.1) is 6.58 Å². The molecule has 5 heteroatoms. The van der Waals surface area contributed by atoms with Gasteiger partial charge < -0.3 is 10.6 Å². The number of carbonyl (C=O) groups is 1. The second-order valence-corrected chi connectivity index (χ2v) is 4.37. The molecule has 104 valence electrons. The lowest BCUT2D eigenvalue weighted by atomic mass is 10.3. The van der Waals surface area contributed by atoms with Crippen molar-refractivity contribution in [2.24, 2.45) is 0 Å². The predicted octanol–water partition coefficient (Wildman–Crippen LogP) is 2.10. The Morgan fingerprint density at radius 3 is 2.95 bits per heavy atom. The van der Waals surface area contributed by atoms with Crippen LogP contribution in [0.5, 0.6) is 0 Å². The number of benzene rings is 1. The molecule has 1 aromatic heterocycles. The number of hydrogen-bond donors (Lipinski definition) is 1. The number of aromatic nitrogens is 2. The topological polar surface area (TPSA) is 64.2 Å². The number of rotatable bonds is 5. The molecule has 0 aliphatic carbocycles. The normalized spacial score (nSPS) is 10.2. The largest absolute Gasteiger partial charge is 0.399 e. The fraction of sp³-hybridized carbons (Fsp3) is 0.200. The molecule has 1 amide bonds. The molecule has 5 nitrogen and oxygen atoms in total. The number of amides is 1. The summed E-state index contributed by atoms with van der Waals surface area (Å²) in [6, 6.07) is 9.06. The molecule has 0 unspecified atom stereocenters. The van der Waals surface area contributed by atoms with Gasteiger partial charge in [0.05, 0.1) is 5.69 Å². The lowest BCUT2D eigenvalue weighted by molar-refractivity contribution is 0.0776. The molecule has 1 aromatic carbocycles. The van der Waals surface area contributed by atoms with E-state index in [2.05, 4.69) is 11.7 Å². The van der Waals surface area contributed by atoms with E-state index in [1.54, 1.807) is 27.9 Å². The molecular weight excluding hydrogens is 252 g/mol. The smallest absolute Gasteiger partial charge is 0.274 e. The van der Waals surface area contributed by atoms with Crippen molar-refractivity contribution >= 4 is 11.6 Å². The van der Waals surface area contributed by atoms with Crippen LogP contribution in [0.3, 0.4) is 0 Å². The van der Waals surface area contributed by atoms with Gasteiger partial charge in [-0.2, -0.15) is 5.10 Å². The maximum atomic E-state index is 12.3. The van der Waals surface area contributed by atoms with Crippen LogP contribution in [0.4, 0.5) is 5.69 Å². The van der Waals surface area contributed by atoms with Gasteiger partial charge >= 0.3 is 0 Å². The standard InChI is InChI=1S/C15H18N4O/c1-3-9-18(4-2)15(20)14-8-10-19(17-14)13-7-5-6-12(16)11-13/h3,5-8,10-11H,1,4,9,16H2,2H3. The zero-order valence-corrected chi connectivity index (χ0v) is 11.5. The van der Waals surface area contributed by atoms with Crippen LogP contribution >= 0.6 is 0 Å². The number of carbonyl (C=O) groups excluding carboxylic acids is 1. The average Bonchev–Trinajstić information content (AvgIpc) is 2.94. The Hall–Kier alpha value is -2.56. The molecule has 0 saturated heterocycles. The second kappa shape index (κ2) is 6.06. The van der Waals surface area contributed by atoms with Crippen LogP contribution in [-0.2, 0) is 0 Å². The molecule has 2 N–H and O–H groups in total. The highest BCUT2D eigenvalue weighted by Crippen LogP contribution is 2.12. The highest BCUT2D eigenvalue weighted by atomic mass is 16.2. The SMILES string of the molecule is C=CCN(CC)C(=O)c1ccn(-c2cccc(N)c2)n1. The number of nitrogens with two attached hydrogens (primary N) is 1. The molecule has 2 rings (SSSR count). The van der Waals surface area contributed by atoms with Gasteiger partial charge in [0.1, 0.15) is 0 Å². The molecule has 20 heavy (non-hydrogen) atoms. The van der Waals surface area contributed by atoms with Gasteiger partial charge in [0.2, 0.25) is 0 Å². The first-order valence-corrected chi connectivity index (χ1v) is 6.47.